The minimum atomic E-state index is -4.41. The lowest BCUT2D eigenvalue weighted by molar-refractivity contribution is -0.137. The molecule has 1 heterocycles. The average molecular weight is 316 g/mol. The minimum Gasteiger partial charge on any atom is -0.494 e. The van der Waals surface area contributed by atoms with Crippen molar-refractivity contribution in [2.24, 2.45) is 0 Å². The van der Waals surface area contributed by atoms with Gasteiger partial charge < -0.3 is 10.1 Å². The van der Waals surface area contributed by atoms with Crippen LogP contribution in [0.25, 0.3) is 0 Å². The van der Waals surface area contributed by atoms with Crippen LogP contribution < -0.4 is 10.1 Å². The summed E-state index contributed by atoms with van der Waals surface area (Å²) in [5.41, 5.74) is 0.834. The first kappa shape index (κ1) is 15.8. The van der Waals surface area contributed by atoms with Crippen LogP contribution in [0.4, 0.5) is 13.2 Å². The van der Waals surface area contributed by atoms with Crippen molar-refractivity contribution < 1.29 is 17.9 Å². The summed E-state index contributed by atoms with van der Waals surface area (Å²) >= 11 is 0.647. The quantitative estimate of drug-likeness (QED) is 0.909. The first-order valence-electron chi connectivity index (χ1n) is 6.38. The van der Waals surface area contributed by atoms with Gasteiger partial charge in [0, 0.05) is 11.1 Å². The van der Waals surface area contributed by atoms with Gasteiger partial charge in [0.25, 0.3) is 0 Å². The fraction of sp³-hybridized carbons (Fsp3) is 0.357. The fourth-order valence-electron chi connectivity index (χ4n) is 1.97. The van der Waals surface area contributed by atoms with Crippen LogP contribution in [0.5, 0.6) is 5.75 Å². The summed E-state index contributed by atoms with van der Waals surface area (Å²) in [6.07, 6.45) is -3.14. The summed E-state index contributed by atoms with van der Waals surface area (Å²) in [7, 11) is 1.70. The Morgan fingerprint density at radius 2 is 2.14 bits per heavy atom. The van der Waals surface area contributed by atoms with E-state index in [2.05, 4.69) is 10.3 Å². The predicted molar refractivity (Wildman–Crippen MR) is 75.6 cm³/mol. The van der Waals surface area contributed by atoms with Gasteiger partial charge in [0.1, 0.15) is 5.75 Å². The number of nitrogens with one attached hydrogen (secondary N) is 1. The summed E-state index contributed by atoms with van der Waals surface area (Å²) in [6, 6.07) is 6.94. The van der Waals surface area contributed by atoms with E-state index in [4.69, 9.17) is 4.74 Å². The van der Waals surface area contributed by atoms with E-state index in [1.165, 1.54) is 6.20 Å². The van der Waals surface area contributed by atoms with Crippen molar-refractivity contribution in [3.8, 4) is 5.75 Å². The second-order valence-corrected chi connectivity index (χ2v) is 5.35. The molecule has 7 heteroatoms. The number of ether oxygens (including phenoxy) is 1. The fourth-order valence-corrected chi connectivity index (χ4v) is 2.90. The molecule has 0 fully saturated rings. The molecule has 114 valence electrons. The maximum Gasteiger partial charge on any atom is 0.443 e. The molecule has 1 aromatic carbocycles. The Balaban J connectivity index is 2.31. The van der Waals surface area contributed by atoms with Crippen LogP contribution in [0.2, 0.25) is 0 Å². The van der Waals surface area contributed by atoms with Gasteiger partial charge in [-0.3, -0.25) is 0 Å². The van der Waals surface area contributed by atoms with Crippen LogP contribution in [0, 0.1) is 0 Å². The predicted octanol–water partition coefficient (Wildman–Crippen LogP) is 3.87. The summed E-state index contributed by atoms with van der Waals surface area (Å²) in [6.45, 7) is 2.41. The first-order valence-corrected chi connectivity index (χ1v) is 7.20. The molecule has 0 bridgehead atoms. The lowest BCUT2D eigenvalue weighted by Crippen LogP contribution is -2.16. The van der Waals surface area contributed by atoms with Gasteiger partial charge in [-0.25, -0.2) is 4.98 Å². The topological polar surface area (TPSA) is 34.1 Å². The summed E-state index contributed by atoms with van der Waals surface area (Å²) in [5, 5.41) is 2.18. The Morgan fingerprint density at radius 1 is 1.38 bits per heavy atom. The molecule has 0 aliphatic heterocycles. The molecule has 1 unspecified atom stereocenters. The van der Waals surface area contributed by atoms with Crippen molar-refractivity contribution in [1.29, 1.82) is 0 Å². The molecule has 2 rings (SSSR count). The molecule has 0 aliphatic carbocycles. The first-order chi connectivity index (χ1) is 9.95. The van der Waals surface area contributed by atoms with E-state index in [9.17, 15) is 13.2 Å². The molecule has 0 saturated heterocycles. The Hall–Kier alpha value is -1.60. The van der Waals surface area contributed by atoms with E-state index in [0.29, 0.717) is 28.6 Å². The van der Waals surface area contributed by atoms with E-state index in [1.54, 1.807) is 7.05 Å². The molecule has 0 spiro atoms. The second kappa shape index (κ2) is 6.44. The summed E-state index contributed by atoms with van der Waals surface area (Å²) in [4.78, 5) is 3.98. The van der Waals surface area contributed by atoms with Crippen molar-refractivity contribution in [1.82, 2.24) is 10.3 Å². The Labute approximate surface area is 124 Å². The largest absolute Gasteiger partial charge is 0.494 e. The monoisotopic (exact) mass is 316 g/mol. The van der Waals surface area contributed by atoms with Gasteiger partial charge in [-0.05, 0) is 31.7 Å². The number of benzene rings is 1. The zero-order chi connectivity index (χ0) is 15.5. The molecule has 0 aliphatic rings. The highest BCUT2D eigenvalue weighted by Gasteiger charge is 2.35. The summed E-state index contributed by atoms with van der Waals surface area (Å²) in [5.74, 6) is 0.691. The molecular formula is C14H15F3N2OS. The van der Waals surface area contributed by atoms with E-state index in [0.717, 1.165) is 5.56 Å². The molecule has 0 saturated carbocycles. The molecular weight excluding hydrogens is 301 g/mol. The zero-order valence-corrected chi connectivity index (χ0v) is 12.4. The number of hydrogen-bond donors (Lipinski definition) is 1. The highest BCUT2D eigenvalue weighted by Crippen LogP contribution is 2.36. The number of alkyl halides is 3. The van der Waals surface area contributed by atoms with Crippen molar-refractivity contribution in [3.63, 3.8) is 0 Å². The lowest BCUT2D eigenvalue weighted by atomic mass is 10.1. The molecule has 1 atom stereocenters. The molecule has 2 aromatic rings. The molecule has 1 N–H and O–H groups in total. The maximum absolute atomic E-state index is 12.6. The molecule has 1 aromatic heterocycles. The average Bonchev–Trinajstić information content (AvgIpc) is 2.90. The van der Waals surface area contributed by atoms with Crippen LogP contribution in [0.1, 0.15) is 28.4 Å². The van der Waals surface area contributed by atoms with Gasteiger partial charge in [0.2, 0.25) is 0 Å². The van der Waals surface area contributed by atoms with Crippen LogP contribution in [-0.4, -0.2) is 18.6 Å². The van der Waals surface area contributed by atoms with Crippen LogP contribution in [-0.2, 0) is 6.18 Å². The summed E-state index contributed by atoms with van der Waals surface area (Å²) < 4.78 is 43.3. The van der Waals surface area contributed by atoms with Crippen molar-refractivity contribution >= 4 is 11.3 Å². The van der Waals surface area contributed by atoms with Gasteiger partial charge in [0.15, 0.2) is 5.01 Å². The van der Waals surface area contributed by atoms with E-state index >= 15 is 0 Å². The molecule has 3 nitrogen and oxygen atoms in total. The number of thiazole rings is 1. The number of aromatic nitrogens is 1. The van der Waals surface area contributed by atoms with Crippen molar-refractivity contribution in [2.45, 2.75) is 19.1 Å². The van der Waals surface area contributed by atoms with Crippen LogP contribution in [0.3, 0.4) is 0 Å². The lowest BCUT2D eigenvalue weighted by Gasteiger charge is -2.15. The highest BCUT2D eigenvalue weighted by atomic mass is 32.1. The third-order valence-electron chi connectivity index (χ3n) is 2.84. The minimum absolute atomic E-state index is 0.348. The molecule has 0 amide bonds. The Bertz CT molecular complexity index is 598. The molecule has 0 radical (unpaired) electrons. The normalized spacial score (nSPS) is 13.2. The van der Waals surface area contributed by atoms with Gasteiger partial charge in [-0.1, -0.05) is 12.1 Å². The standard InChI is InChI=1S/C14H15F3N2OS/c1-3-20-10-6-4-5-9(7-10)12(18-2)11-8-19-13(21-11)14(15,16)17/h4-8,12,18H,3H2,1-2H3. The second-order valence-electron chi connectivity index (χ2n) is 4.29. The maximum atomic E-state index is 12.6. The molecule has 21 heavy (non-hydrogen) atoms. The number of rotatable bonds is 5. The van der Waals surface area contributed by atoms with Crippen molar-refractivity contribution in [2.75, 3.05) is 13.7 Å². The number of nitrogens with zero attached hydrogens (tertiary/aromatic N) is 1. The number of halogens is 3. The Morgan fingerprint density at radius 3 is 2.71 bits per heavy atom. The van der Waals surface area contributed by atoms with Crippen LogP contribution in [0.15, 0.2) is 30.5 Å². The van der Waals surface area contributed by atoms with Gasteiger partial charge in [-0.2, -0.15) is 13.2 Å². The number of hydrogen-bond acceptors (Lipinski definition) is 4. The Kier molecular flexibility index (Phi) is 4.84. The smallest absolute Gasteiger partial charge is 0.443 e. The third kappa shape index (κ3) is 3.74. The van der Waals surface area contributed by atoms with Crippen molar-refractivity contribution in [3.05, 3.63) is 45.9 Å². The van der Waals surface area contributed by atoms with Crippen LogP contribution >= 0.6 is 11.3 Å². The van der Waals surface area contributed by atoms with Gasteiger partial charge in [0.05, 0.1) is 12.6 Å². The van der Waals surface area contributed by atoms with E-state index < -0.39 is 11.2 Å². The SMILES string of the molecule is CCOc1cccc(C(NC)c2cnc(C(F)(F)F)s2)c1. The van der Waals surface area contributed by atoms with Gasteiger partial charge >= 0.3 is 6.18 Å². The van der Waals surface area contributed by atoms with E-state index in [-0.39, 0.29) is 6.04 Å². The third-order valence-corrected chi connectivity index (χ3v) is 3.95. The highest BCUT2D eigenvalue weighted by molar-refractivity contribution is 7.11. The zero-order valence-electron chi connectivity index (χ0n) is 11.6. The van der Waals surface area contributed by atoms with E-state index in [1.807, 2.05) is 31.2 Å². The van der Waals surface area contributed by atoms with Gasteiger partial charge in [-0.15, -0.1) is 11.3 Å².